The van der Waals surface area contributed by atoms with Gasteiger partial charge in [-0.25, -0.2) is 0 Å². The van der Waals surface area contributed by atoms with Crippen molar-refractivity contribution in [1.82, 2.24) is 5.32 Å². The predicted molar refractivity (Wildman–Crippen MR) is 84.5 cm³/mol. The molecule has 0 saturated carbocycles. The van der Waals surface area contributed by atoms with Crippen LogP contribution in [-0.4, -0.2) is 25.5 Å². The zero-order valence-electron chi connectivity index (χ0n) is 12.0. The molecular weight excluding hydrogens is 272 g/mol. The van der Waals surface area contributed by atoms with Crippen LogP contribution in [0.25, 0.3) is 0 Å². The molecule has 3 nitrogen and oxygen atoms in total. The molecule has 1 saturated heterocycles. The molecule has 0 radical (unpaired) electrons. The topological polar surface area (TPSA) is 32.3 Å². The molecule has 0 aliphatic carbocycles. The van der Waals surface area contributed by atoms with Gasteiger partial charge in [0.25, 0.3) is 0 Å². The molecule has 0 spiro atoms. The van der Waals surface area contributed by atoms with E-state index in [1.165, 1.54) is 5.56 Å². The Bertz CT molecular complexity index is 471. The van der Waals surface area contributed by atoms with Gasteiger partial charge in [-0.2, -0.15) is 0 Å². The molecule has 1 N–H and O–H groups in total. The number of piperidine rings is 1. The minimum atomic E-state index is 0. The molecule has 2 heterocycles. The number of hydrogen-bond acceptors (Lipinski definition) is 2. The summed E-state index contributed by atoms with van der Waals surface area (Å²) in [6, 6.07) is 8.36. The fourth-order valence-corrected chi connectivity index (χ4v) is 3.29. The van der Waals surface area contributed by atoms with Crippen LogP contribution in [0.4, 0.5) is 5.69 Å². The largest absolute Gasteiger partial charge is 0.316 e. The summed E-state index contributed by atoms with van der Waals surface area (Å²) in [5.41, 5.74) is 2.45. The lowest BCUT2D eigenvalue weighted by Crippen LogP contribution is -2.46. The van der Waals surface area contributed by atoms with E-state index in [0.29, 0.717) is 11.8 Å². The number of nitrogens with zero attached hydrogens (tertiary/aromatic N) is 1. The minimum Gasteiger partial charge on any atom is -0.316 e. The Balaban J connectivity index is 0.00000147. The third-order valence-corrected chi connectivity index (χ3v) is 4.26. The smallest absolute Gasteiger partial charge is 0.231 e. The molecule has 1 fully saturated rings. The highest BCUT2D eigenvalue weighted by Gasteiger charge is 2.31. The number of benzene rings is 1. The lowest BCUT2D eigenvalue weighted by molar-refractivity contribution is -0.123. The summed E-state index contributed by atoms with van der Waals surface area (Å²) >= 11 is 0. The number of carbonyl (C=O) groups excluding carboxylic acids is 1. The first kappa shape index (κ1) is 15.3. The number of anilines is 1. The van der Waals surface area contributed by atoms with E-state index in [4.69, 9.17) is 0 Å². The maximum atomic E-state index is 12.7. The van der Waals surface area contributed by atoms with Gasteiger partial charge in [-0.3, -0.25) is 4.79 Å². The van der Waals surface area contributed by atoms with Gasteiger partial charge in [0.15, 0.2) is 0 Å². The van der Waals surface area contributed by atoms with Crippen molar-refractivity contribution in [3.05, 3.63) is 29.8 Å². The number of fused-ring (bicyclic) bond motifs is 1. The zero-order valence-corrected chi connectivity index (χ0v) is 12.8. The molecule has 0 bridgehead atoms. The van der Waals surface area contributed by atoms with Crippen molar-refractivity contribution in [2.24, 2.45) is 11.8 Å². The molecule has 2 aliphatic heterocycles. The normalized spacial score (nSPS) is 25.6. The summed E-state index contributed by atoms with van der Waals surface area (Å²) in [4.78, 5) is 14.8. The number of rotatable bonds is 1. The van der Waals surface area contributed by atoms with Gasteiger partial charge in [-0.15, -0.1) is 12.4 Å². The van der Waals surface area contributed by atoms with Crippen molar-refractivity contribution >= 4 is 24.0 Å². The molecule has 1 aromatic rings. The van der Waals surface area contributed by atoms with Crippen LogP contribution in [0, 0.1) is 11.8 Å². The monoisotopic (exact) mass is 294 g/mol. The van der Waals surface area contributed by atoms with Crippen molar-refractivity contribution in [2.45, 2.75) is 26.2 Å². The van der Waals surface area contributed by atoms with Crippen LogP contribution in [-0.2, 0) is 11.2 Å². The fourth-order valence-electron chi connectivity index (χ4n) is 3.29. The molecule has 1 amide bonds. The van der Waals surface area contributed by atoms with E-state index in [1.54, 1.807) is 0 Å². The zero-order chi connectivity index (χ0) is 13.2. The van der Waals surface area contributed by atoms with Crippen molar-refractivity contribution in [3.8, 4) is 0 Å². The van der Waals surface area contributed by atoms with Crippen LogP contribution in [0.5, 0.6) is 0 Å². The molecule has 0 aromatic heterocycles. The number of halogens is 1. The van der Waals surface area contributed by atoms with Crippen molar-refractivity contribution in [1.29, 1.82) is 0 Å². The molecule has 2 atom stereocenters. The third-order valence-electron chi connectivity index (χ3n) is 4.26. The maximum absolute atomic E-state index is 12.7. The van der Waals surface area contributed by atoms with Gasteiger partial charge < -0.3 is 10.2 Å². The van der Waals surface area contributed by atoms with Gasteiger partial charge in [-0.1, -0.05) is 25.1 Å². The number of carbonyl (C=O) groups is 1. The molecule has 110 valence electrons. The minimum absolute atomic E-state index is 0. The Morgan fingerprint density at radius 3 is 2.90 bits per heavy atom. The van der Waals surface area contributed by atoms with E-state index in [-0.39, 0.29) is 18.3 Å². The van der Waals surface area contributed by atoms with Gasteiger partial charge >= 0.3 is 0 Å². The van der Waals surface area contributed by atoms with Crippen molar-refractivity contribution < 1.29 is 4.79 Å². The first-order valence-electron chi connectivity index (χ1n) is 7.35. The van der Waals surface area contributed by atoms with Crippen LogP contribution in [0.15, 0.2) is 24.3 Å². The second kappa shape index (κ2) is 6.59. The van der Waals surface area contributed by atoms with Gasteiger partial charge in [0.1, 0.15) is 0 Å². The molecule has 2 aliphatic rings. The first-order chi connectivity index (χ1) is 9.25. The van der Waals surface area contributed by atoms with Crippen LogP contribution in [0.3, 0.4) is 0 Å². The van der Waals surface area contributed by atoms with E-state index >= 15 is 0 Å². The van der Waals surface area contributed by atoms with E-state index in [0.717, 1.165) is 44.6 Å². The summed E-state index contributed by atoms with van der Waals surface area (Å²) in [7, 11) is 0. The van der Waals surface area contributed by atoms with Crippen molar-refractivity contribution in [2.75, 3.05) is 24.5 Å². The van der Waals surface area contributed by atoms with Crippen molar-refractivity contribution in [3.63, 3.8) is 0 Å². The van der Waals surface area contributed by atoms with E-state index in [1.807, 2.05) is 11.0 Å². The summed E-state index contributed by atoms with van der Waals surface area (Å²) in [5.74, 6) is 1.02. The first-order valence-corrected chi connectivity index (χ1v) is 7.35. The Hall–Kier alpha value is -1.06. The number of amides is 1. The third kappa shape index (κ3) is 2.99. The average Bonchev–Trinajstić information content (AvgIpc) is 2.46. The number of nitrogens with one attached hydrogen (secondary N) is 1. The second-order valence-electron chi connectivity index (χ2n) is 5.93. The average molecular weight is 295 g/mol. The van der Waals surface area contributed by atoms with Crippen LogP contribution >= 0.6 is 12.4 Å². The van der Waals surface area contributed by atoms with E-state index < -0.39 is 0 Å². The predicted octanol–water partition coefficient (Wildman–Crippen LogP) is 2.63. The number of hydrogen-bond donors (Lipinski definition) is 1. The highest BCUT2D eigenvalue weighted by atomic mass is 35.5. The lowest BCUT2D eigenvalue weighted by atomic mass is 9.91. The summed E-state index contributed by atoms with van der Waals surface area (Å²) < 4.78 is 0. The Labute approximate surface area is 127 Å². The molecule has 1 aromatic carbocycles. The number of para-hydroxylation sites is 1. The molecule has 4 heteroatoms. The second-order valence-corrected chi connectivity index (χ2v) is 5.93. The van der Waals surface area contributed by atoms with Crippen LogP contribution < -0.4 is 10.2 Å². The van der Waals surface area contributed by atoms with Gasteiger partial charge in [-0.05, 0) is 43.4 Å². The summed E-state index contributed by atoms with van der Waals surface area (Å²) in [6.45, 7) is 4.99. The molecule has 20 heavy (non-hydrogen) atoms. The summed E-state index contributed by atoms with van der Waals surface area (Å²) in [6.07, 6.45) is 3.23. The standard InChI is InChI=1S/C16H22N2O.ClH/c1-12-9-13-5-2-3-7-15(13)18(11-12)16(19)14-6-4-8-17-10-14;/h2-3,5,7,12,14,17H,4,6,8-11H2,1H3;1H. The molecule has 2 unspecified atom stereocenters. The van der Waals surface area contributed by atoms with Crippen LogP contribution in [0.1, 0.15) is 25.3 Å². The van der Waals surface area contributed by atoms with E-state index in [9.17, 15) is 4.79 Å². The highest BCUT2D eigenvalue weighted by Crippen LogP contribution is 2.31. The Kier molecular flexibility index (Phi) is 5.06. The van der Waals surface area contributed by atoms with Crippen LogP contribution in [0.2, 0.25) is 0 Å². The SMILES string of the molecule is CC1Cc2ccccc2N(C(=O)C2CCCNC2)C1.Cl. The van der Waals surface area contributed by atoms with Gasteiger partial charge in [0.05, 0.1) is 5.92 Å². The Morgan fingerprint density at radius 1 is 1.35 bits per heavy atom. The lowest BCUT2D eigenvalue weighted by Gasteiger charge is -2.36. The molecule has 3 rings (SSSR count). The maximum Gasteiger partial charge on any atom is 0.231 e. The van der Waals surface area contributed by atoms with E-state index in [2.05, 4.69) is 30.4 Å². The van der Waals surface area contributed by atoms with Gasteiger partial charge in [0.2, 0.25) is 5.91 Å². The highest BCUT2D eigenvalue weighted by molar-refractivity contribution is 5.96. The fraction of sp³-hybridized carbons (Fsp3) is 0.562. The quantitative estimate of drug-likeness (QED) is 0.863. The molecular formula is C16H23ClN2O. The Morgan fingerprint density at radius 2 is 2.15 bits per heavy atom. The summed E-state index contributed by atoms with van der Waals surface area (Å²) in [5, 5.41) is 3.34. The van der Waals surface area contributed by atoms with Gasteiger partial charge in [0, 0.05) is 18.8 Å².